The fourth-order valence-electron chi connectivity index (χ4n) is 7.71. The molecule has 0 radical (unpaired) electrons. The maximum atomic E-state index is 5.15. The molecule has 8 aromatic carbocycles. The summed E-state index contributed by atoms with van der Waals surface area (Å²) in [6.45, 7) is 4.02. The summed E-state index contributed by atoms with van der Waals surface area (Å²) in [7, 11) is 0. The molecule has 0 spiro atoms. The maximum absolute atomic E-state index is 5.15. The number of hydrogen-bond donors (Lipinski definition) is 0. The van der Waals surface area contributed by atoms with Crippen LogP contribution in [0.25, 0.3) is 100 Å². The van der Waals surface area contributed by atoms with Gasteiger partial charge in [0, 0.05) is 33.6 Å². The molecule has 0 bridgehead atoms. The lowest BCUT2D eigenvalue weighted by molar-refractivity contribution is 1.06. The zero-order chi connectivity index (χ0) is 36.2. The molecule has 54 heavy (non-hydrogen) atoms. The molecule has 0 aliphatic rings. The third kappa shape index (κ3) is 5.63. The van der Waals surface area contributed by atoms with Crippen molar-refractivity contribution in [3.8, 4) is 67.8 Å². The Morgan fingerprint density at radius 1 is 0.296 bits per heavy atom. The van der Waals surface area contributed by atoms with Gasteiger partial charge in [0.15, 0.2) is 23.3 Å². The van der Waals surface area contributed by atoms with E-state index in [2.05, 4.69) is 97.1 Å². The van der Waals surface area contributed by atoms with E-state index in [0.29, 0.717) is 17.5 Å². The summed E-state index contributed by atoms with van der Waals surface area (Å²) >= 11 is 0. The van der Waals surface area contributed by atoms with Crippen LogP contribution in [0.2, 0.25) is 0 Å². The van der Waals surface area contributed by atoms with Crippen LogP contribution in [-0.4, -0.2) is 24.9 Å². The van der Waals surface area contributed by atoms with E-state index < -0.39 is 0 Å². The van der Waals surface area contributed by atoms with Gasteiger partial charge in [-0.1, -0.05) is 127 Å². The molecule has 2 heterocycles. The number of benzene rings is 8. The lowest BCUT2D eigenvalue weighted by atomic mass is 9.87. The summed E-state index contributed by atoms with van der Waals surface area (Å²) < 4.78 is 0. The van der Waals surface area contributed by atoms with Gasteiger partial charge in [0.25, 0.3) is 0 Å². The molecule has 0 saturated carbocycles. The average Bonchev–Trinajstić information content (AvgIpc) is 3.22. The smallest absolute Gasteiger partial charge is 0.164 e. The highest BCUT2D eigenvalue weighted by Gasteiger charge is 2.18. The molecule has 2 aromatic heterocycles. The van der Waals surface area contributed by atoms with Gasteiger partial charge >= 0.3 is 0 Å². The molecule has 0 N–H and O–H groups in total. The first-order valence-electron chi connectivity index (χ1n) is 18.2. The van der Waals surface area contributed by atoms with Crippen LogP contribution in [0, 0.1) is 13.8 Å². The average molecular weight is 692 g/mol. The van der Waals surface area contributed by atoms with Crippen LogP contribution in [0.5, 0.6) is 0 Å². The summed E-state index contributed by atoms with van der Waals surface area (Å²) in [5, 5.41) is 7.47. The van der Waals surface area contributed by atoms with Crippen molar-refractivity contribution in [3.63, 3.8) is 0 Å². The fourth-order valence-corrected chi connectivity index (χ4v) is 7.71. The molecule has 5 nitrogen and oxygen atoms in total. The summed E-state index contributed by atoms with van der Waals surface area (Å²) in [6, 6.07) is 57.5. The van der Waals surface area contributed by atoms with Crippen molar-refractivity contribution in [2.75, 3.05) is 0 Å². The number of rotatable bonds is 6. The highest BCUT2D eigenvalue weighted by molar-refractivity contribution is 6.26. The highest BCUT2D eigenvalue weighted by Crippen LogP contribution is 2.42. The second kappa shape index (κ2) is 12.8. The number of aromatic nitrogens is 5. The summed E-state index contributed by atoms with van der Waals surface area (Å²) in [5.74, 6) is 2.58. The third-order valence-corrected chi connectivity index (χ3v) is 10.1. The predicted octanol–water partition coefficient (Wildman–Crippen LogP) is 12.2. The van der Waals surface area contributed by atoms with Gasteiger partial charge in [-0.3, -0.25) is 0 Å². The molecule has 0 fully saturated rings. The Hall–Kier alpha value is -7.11. The minimum Gasteiger partial charge on any atom is -0.233 e. The lowest BCUT2D eigenvalue weighted by Crippen LogP contribution is -2.00. The van der Waals surface area contributed by atoms with E-state index in [4.69, 9.17) is 24.9 Å². The minimum atomic E-state index is 0.608. The fraction of sp³-hybridized carbons (Fsp3) is 0.0408. The molecular weight excluding hydrogens is 659 g/mol. The third-order valence-electron chi connectivity index (χ3n) is 10.1. The molecule has 0 aliphatic carbocycles. The van der Waals surface area contributed by atoms with E-state index in [-0.39, 0.29) is 0 Å². The van der Waals surface area contributed by atoms with Crippen molar-refractivity contribution in [2.24, 2.45) is 0 Å². The Kier molecular flexibility index (Phi) is 7.51. The van der Waals surface area contributed by atoms with Crippen LogP contribution < -0.4 is 0 Å². The summed E-state index contributed by atoms with van der Waals surface area (Å²) in [6.07, 6.45) is 0. The molecule has 0 atom stereocenters. The molecule has 0 saturated heterocycles. The Labute approximate surface area is 313 Å². The van der Waals surface area contributed by atoms with E-state index >= 15 is 0 Å². The normalized spacial score (nSPS) is 11.5. The van der Waals surface area contributed by atoms with Crippen LogP contribution in [0.3, 0.4) is 0 Å². The van der Waals surface area contributed by atoms with Crippen LogP contribution in [0.1, 0.15) is 11.4 Å². The van der Waals surface area contributed by atoms with Gasteiger partial charge in [0.2, 0.25) is 0 Å². The summed E-state index contributed by atoms with van der Waals surface area (Å²) in [4.78, 5) is 24.8. The second-order valence-corrected chi connectivity index (χ2v) is 13.9. The van der Waals surface area contributed by atoms with Crippen LogP contribution in [-0.2, 0) is 0 Å². The molecule has 5 heteroatoms. The van der Waals surface area contributed by atoms with Crippen LogP contribution >= 0.6 is 0 Å². The van der Waals surface area contributed by atoms with E-state index in [1.165, 1.54) is 32.3 Å². The van der Waals surface area contributed by atoms with E-state index in [1.54, 1.807) is 0 Å². The first kappa shape index (κ1) is 31.6. The second-order valence-electron chi connectivity index (χ2n) is 13.9. The van der Waals surface area contributed by atoms with Crippen molar-refractivity contribution in [1.82, 2.24) is 24.9 Å². The van der Waals surface area contributed by atoms with Gasteiger partial charge in [-0.15, -0.1) is 0 Å². The van der Waals surface area contributed by atoms with Crippen molar-refractivity contribution in [3.05, 3.63) is 175 Å². The first-order chi connectivity index (χ1) is 26.5. The Morgan fingerprint density at radius 3 is 1.46 bits per heavy atom. The largest absolute Gasteiger partial charge is 0.233 e. The number of aryl methyl sites for hydroxylation is 2. The van der Waals surface area contributed by atoms with Gasteiger partial charge in [-0.25, -0.2) is 24.9 Å². The van der Waals surface area contributed by atoms with Crippen molar-refractivity contribution < 1.29 is 0 Å². The zero-order valence-electron chi connectivity index (χ0n) is 29.8. The SMILES string of the molecule is Cc1cc(C)nc(-c2cccc(-c3cc(-c4nc(-c5ccccc5)nc(-c5ccccc5)n4)cc(-c4cc5cccc6ccc7cccc4c7c65)c3)c2)n1. The van der Waals surface area contributed by atoms with E-state index in [0.717, 1.165) is 61.7 Å². The van der Waals surface area contributed by atoms with Crippen molar-refractivity contribution in [2.45, 2.75) is 13.8 Å². The number of nitrogens with zero attached hydrogens (tertiary/aromatic N) is 5. The molecular formula is C49H33N5. The van der Waals surface area contributed by atoms with Crippen molar-refractivity contribution >= 4 is 32.3 Å². The standard InChI is InChI=1S/C49H33N5/c1-30-24-31(2)51-48(50-30)38-20-10-18-36(25-38)39-26-40(43-29-37-19-9-16-32-22-23-33-17-11-21-42(43)45(33)44(32)37)28-41(27-39)49-53-46(34-12-5-3-6-13-34)52-47(54-49)35-14-7-4-8-15-35/h3-29H,1-2H3. The van der Waals surface area contributed by atoms with Crippen LogP contribution in [0.4, 0.5) is 0 Å². The van der Waals surface area contributed by atoms with Gasteiger partial charge in [0.05, 0.1) is 0 Å². The monoisotopic (exact) mass is 691 g/mol. The minimum absolute atomic E-state index is 0.608. The quantitative estimate of drug-likeness (QED) is 0.162. The Morgan fingerprint density at radius 2 is 0.778 bits per heavy atom. The Balaban J connectivity index is 1.25. The molecule has 0 amide bonds. The molecule has 254 valence electrons. The van der Waals surface area contributed by atoms with Gasteiger partial charge in [-0.05, 0) is 105 Å². The number of hydrogen-bond acceptors (Lipinski definition) is 5. The lowest BCUT2D eigenvalue weighted by Gasteiger charge is -2.17. The molecule has 10 rings (SSSR count). The molecule has 10 aromatic rings. The maximum Gasteiger partial charge on any atom is 0.164 e. The first-order valence-corrected chi connectivity index (χ1v) is 18.2. The van der Waals surface area contributed by atoms with Crippen molar-refractivity contribution in [1.29, 1.82) is 0 Å². The van der Waals surface area contributed by atoms with Crippen LogP contribution in [0.15, 0.2) is 164 Å². The predicted molar refractivity (Wildman–Crippen MR) is 221 cm³/mol. The van der Waals surface area contributed by atoms with Gasteiger partial charge < -0.3 is 0 Å². The van der Waals surface area contributed by atoms with Gasteiger partial charge in [-0.2, -0.15) is 0 Å². The van der Waals surface area contributed by atoms with E-state index in [9.17, 15) is 0 Å². The summed E-state index contributed by atoms with van der Waals surface area (Å²) in [5.41, 5.74) is 9.95. The molecule has 0 aliphatic heterocycles. The highest BCUT2D eigenvalue weighted by atomic mass is 15.0. The van der Waals surface area contributed by atoms with E-state index in [1.807, 2.05) is 80.6 Å². The Bertz CT molecular complexity index is 2930. The molecule has 0 unspecified atom stereocenters. The topological polar surface area (TPSA) is 64.5 Å². The zero-order valence-corrected chi connectivity index (χ0v) is 29.8. The van der Waals surface area contributed by atoms with Gasteiger partial charge in [0.1, 0.15) is 0 Å².